The van der Waals surface area contributed by atoms with Gasteiger partial charge in [-0.3, -0.25) is 4.79 Å². The van der Waals surface area contributed by atoms with Crippen LogP contribution < -0.4 is 10.1 Å². The van der Waals surface area contributed by atoms with Crippen molar-refractivity contribution in [3.8, 4) is 5.75 Å². The molecule has 0 spiro atoms. The van der Waals surface area contributed by atoms with E-state index >= 15 is 0 Å². The maximum atomic E-state index is 11.4. The van der Waals surface area contributed by atoms with E-state index in [-0.39, 0.29) is 18.3 Å². The molecule has 1 rings (SSSR count). The molecule has 0 saturated carbocycles. The molecule has 0 aromatic heterocycles. The molecule has 0 aliphatic carbocycles. The summed E-state index contributed by atoms with van der Waals surface area (Å²) in [6.45, 7) is 10.9. The van der Waals surface area contributed by atoms with Crippen molar-refractivity contribution < 1.29 is 19.0 Å². The van der Waals surface area contributed by atoms with Crippen LogP contribution in [-0.4, -0.2) is 44.9 Å². The van der Waals surface area contributed by atoms with Crippen molar-refractivity contribution in [1.29, 1.82) is 0 Å². The van der Waals surface area contributed by atoms with E-state index in [9.17, 15) is 4.79 Å². The van der Waals surface area contributed by atoms with Gasteiger partial charge in [-0.25, -0.2) is 0 Å². The Labute approximate surface area is 158 Å². The van der Waals surface area contributed by atoms with E-state index in [1.54, 1.807) is 0 Å². The van der Waals surface area contributed by atoms with Crippen LogP contribution in [0, 0.1) is 5.92 Å². The normalized spacial score (nSPS) is 11.2. The number of carbonyl (C=O) groups excluding carboxylic acids is 1. The molecule has 0 saturated heterocycles. The summed E-state index contributed by atoms with van der Waals surface area (Å²) in [4.78, 5) is 11.4. The Balaban J connectivity index is 1.92. The SMILES string of the molecule is CC(C)Nc1ccc(OCCCOCCCCOCC(=O)C(C)C)cc1. The first kappa shape index (κ1) is 22.5. The van der Waals surface area contributed by atoms with Gasteiger partial charge in [-0.1, -0.05) is 13.8 Å². The number of hydrogen-bond donors (Lipinski definition) is 1. The lowest BCUT2D eigenvalue weighted by atomic mass is 10.1. The summed E-state index contributed by atoms with van der Waals surface area (Å²) in [7, 11) is 0. The van der Waals surface area contributed by atoms with Crippen LogP contribution >= 0.6 is 0 Å². The van der Waals surface area contributed by atoms with Gasteiger partial charge in [0.1, 0.15) is 12.4 Å². The maximum Gasteiger partial charge on any atom is 0.160 e. The molecule has 26 heavy (non-hydrogen) atoms. The summed E-state index contributed by atoms with van der Waals surface area (Å²) < 4.78 is 16.6. The second kappa shape index (κ2) is 13.6. The molecule has 5 heteroatoms. The Kier molecular flexibility index (Phi) is 11.7. The molecule has 0 aliphatic heterocycles. The molecule has 0 unspecified atom stereocenters. The summed E-state index contributed by atoms with van der Waals surface area (Å²) in [5.74, 6) is 1.09. The zero-order chi connectivity index (χ0) is 19.2. The van der Waals surface area contributed by atoms with Crippen molar-refractivity contribution in [3.63, 3.8) is 0 Å². The van der Waals surface area contributed by atoms with Crippen LogP contribution in [0.5, 0.6) is 5.75 Å². The number of Topliss-reactive ketones (excluding diaryl/α,β-unsaturated/α-hetero) is 1. The van der Waals surface area contributed by atoms with Crippen LogP contribution in [0.25, 0.3) is 0 Å². The molecule has 0 heterocycles. The molecule has 0 atom stereocenters. The second-order valence-corrected chi connectivity index (χ2v) is 7.02. The molecule has 148 valence electrons. The van der Waals surface area contributed by atoms with Gasteiger partial charge in [-0.05, 0) is 51.0 Å². The highest BCUT2D eigenvalue weighted by atomic mass is 16.5. The molecule has 0 fully saturated rings. The van der Waals surface area contributed by atoms with Gasteiger partial charge >= 0.3 is 0 Å². The second-order valence-electron chi connectivity index (χ2n) is 7.02. The third-order valence-corrected chi connectivity index (χ3v) is 3.73. The molecule has 5 nitrogen and oxygen atoms in total. The van der Waals surface area contributed by atoms with Crippen LogP contribution in [0.3, 0.4) is 0 Å². The van der Waals surface area contributed by atoms with Crippen LogP contribution in [0.2, 0.25) is 0 Å². The molecule has 0 amide bonds. The van der Waals surface area contributed by atoms with Crippen LogP contribution in [0.15, 0.2) is 24.3 Å². The molecule has 0 aliphatic rings. The molecule has 1 N–H and O–H groups in total. The number of rotatable bonds is 15. The lowest BCUT2D eigenvalue weighted by molar-refractivity contribution is -0.126. The van der Waals surface area contributed by atoms with E-state index < -0.39 is 0 Å². The zero-order valence-corrected chi connectivity index (χ0v) is 16.8. The first-order valence-corrected chi connectivity index (χ1v) is 9.66. The van der Waals surface area contributed by atoms with Gasteiger partial charge in [0, 0.05) is 43.9 Å². The molecule has 1 aromatic carbocycles. The van der Waals surface area contributed by atoms with Crippen LogP contribution in [-0.2, 0) is 14.3 Å². The van der Waals surface area contributed by atoms with E-state index in [0.29, 0.717) is 25.9 Å². The first-order chi connectivity index (χ1) is 12.5. The number of anilines is 1. The van der Waals surface area contributed by atoms with Crippen molar-refractivity contribution >= 4 is 11.5 Å². The van der Waals surface area contributed by atoms with Gasteiger partial charge < -0.3 is 19.5 Å². The predicted octanol–water partition coefficient (Wildman–Crippen LogP) is 4.31. The molecule has 0 bridgehead atoms. The van der Waals surface area contributed by atoms with Gasteiger partial charge in [-0.2, -0.15) is 0 Å². The highest BCUT2D eigenvalue weighted by molar-refractivity contribution is 5.81. The Hall–Kier alpha value is -1.59. The standard InChI is InChI=1S/C21H35NO4/c1-17(2)21(23)16-25-13-6-5-12-24-14-7-15-26-20-10-8-19(9-11-20)22-18(3)4/h8-11,17-18,22H,5-7,12-16H2,1-4H3. The van der Waals surface area contributed by atoms with Crippen molar-refractivity contribution in [3.05, 3.63) is 24.3 Å². The number of ether oxygens (including phenoxy) is 3. The smallest absolute Gasteiger partial charge is 0.160 e. The Bertz CT molecular complexity index is 485. The van der Waals surface area contributed by atoms with Crippen molar-refractivity contribution in [1.82, 2.24) is 0 Å². The maximum absolute atomic E-state index is 11.4. The lowest BCUT2D eigenvalue weighted by Crippen LogP contribution is -2.15. The van der Waals surface area contributed by atoms with E-state index in [1.807, 2.05) is 38.1 Å². The minimum Gasteiger partial charge on any atom is -0.494 e. The molecule has 0 radical (unpaired) electrons. The first-order valence-electron chi connectivity index (χ1n) is 9.66. The largest absolute Gasteiger partial charge is 0.494 e. The Morgan fingerprint density at radius 3 is 2.12 bits per heavy atom. The highest BCUT2D eigenvalue weighted by Crippen LogP contribution is 2.16. The number of benzene rings is 1. The fourth-order valence-electron chi connectivity index (χ4n) is 2.18. The summed E-state index contributed by atoms with van der Waals surface area (Å²) in [5.41, 5.74) is 1.10. The molecular weight excluding hydrogens is 330 g/mol. The summed E-state index contributed by atoms with van der Waals surface area (Å²) in [6, 6.07) is 8.45. The van der Waals surface area contributed by atoms with Crippen LogP contribution in [0.4, 0.5) is 5.69 Å². The molecular formula is C21H35NO4. The molecule has 1 aromatic rings. The van der Waals surface area contributed by atoms with E-state index in [1.165, 1.54) is 0 Å². The average molecular weight is 366 g/mol. The summed E-state index contributed by atoms with van der Waals surface area (Å²) in [6.07, 6.45) is 2.73. The van der Waals surface area contributed by atoms with Gasteiger partial charge in [-0.15, -0.1) is 0 Å². The monoisotopic (exact) mass is 365 g/mol. The van der Waals surface area contributed by atoms with E-state index in [2.05, 4.69) is 19.2 Å². The van der Waals surface area contributed by atoms with Gasteiger partial charge in [0.25, 0.3) is 0 Å². The van der Waals surface area contributed by atoms with Gasteiger partial charge in [0.2, 0.25) is 0 Å². The summed E-state index contributed by atoms with van der Waals surface area (Å²) >= 11 is 0. The average Bonchev–Trinajstić information content (AvgIpc) is 2.60. The van der Waals surface area contributed by atoms with Crippen molar-refractivity contribution in [2.45, 2.75) is 53.0 Å². The minimum atomic E-state index is 0.0511. The lowest BCUT2D eigenvalue weighted by Gasteiger charge is -2.11. The summed E-state index contributed by atoms with van der Waals surface area (Å²) in [5, 5.41) is 3.35. The third-order valence-electron chi connectivity index (χ3n) is 3.73. The fourth-order valence-corrected chi connectivity index (χ4v) is 2.18. The minimum absolute atomic E-state index is 0.0511. The quantitative estimate of drug-likeness (QED) is 0.469. The number of ketones is 1. The fraction of sp³-hybridized carbons (Fsp3) is 0.667. The predicted molar refractivity (Wildman–Crippen MR) is 106 cm³/mol. The topological polar surface area (TPSA) is 56.8 Å². The Morgan fingerprint density at radius 1 is 0.885 bits per heavy atom. The van der Waals surface area contributed by atoms with Crippen molar-refractivity contribution in [2.24, 2.45) is 5.92 Å². The van der Waals surface area contributed by atoms with E-state index in [0.717, 1.165) is 37.3 Å². The van der Waals surface area contributed by atoms with Crippen LogP contribution in [0.1, 0.15) is 47.0 Å². The van der Waals surface area contributed by atoms with Gasteiger partial charge in [0.05, 0.1) is 6.61 Å². The zero-order valence-electron chi connectivity index (χ0n) is 16.8. The van der Waals surface area contributed by atoms with Gasteiger partial charge in [0.15, 0.2) is 5.78 Å². The van der Waals surface area contributed by atoms with Crippen molar-refractivity contribution in [2.75, 3.05) is 38.4 Å². The van der Waals surface area contributed by atoms with E-state index in [4.69, 9.17) is 14.2 Å². The Morgan fingerprint density at radius 2 is 1.50 bits per heavy atom. The number of hydrogen-bond acceptors (Lipinski definition) is 5. The number of unbranched alkanes of at least 4 members (excludes halogenated alkanes) is 1. The highest BCUT2D eigenvalue weighted by Gasteiger charge is 2.06. The number of carbonyl (C=O) groups is 1. The number of nitrogens with one attached hydrogen (secondary N) is 1. The third kappa shape index (κ3) is 11.1.